The van der Waals surface area contributed by atoms with Gasteiger partial charge < -0.3 is 4.57 Å². The molecule has 1 saturated carbocycles. The van der Waals surface area contributed by atoms with E-state index >= 15 is 0 Å². The molecule has 4 heterocycles. The van der Waals surface area contributed by atoms with Crippen molar-refractivity contribution in [3.8, 4) is 5.82 Å². The molecular formula is C22H23N5O2. The third-order valence-electron chi connectivity index (χ3n) is 6.54. The molecule has 0 aromatic carbocycles. The fourth-order valence-electron chi connectivity index (χ4n) is 4.62. The van der Waals surface area contributed by atoms with E-state index in [1.165, 1.54) is 11.0 Å². The van der Waals surface area contributed by atoms with Crippen molar-refractivity contribution in [3.63, 3.8) is 0 Å². The Labute approximate surface area is 167 Å². The highest BCUT2D eigenvalue weighted by Gasteiger charge is 2.29. The maximum absolute atomic E-state index is 13.3. The van der Waals surface area contributed by atoms with Gasteiger partial charge in [-0.2, -0.15) is 5.10 Å². The highest BCUT2D eigenvalue weighted by molar-refractivity contribution is 5.91. The van der Waals surface area contributed by atoms with Crippen molar-refractivity contribution >= 4 is 21.8 Å². The van der Waals surface area contributed by atoms with Crippen LogP contribution in [-0.4, -0.2) is 24.3 Å². The van der Waals surface area contributed by atoms with Gasteiger partial charge in [-0.3, -0.25) is 19.3 Å². The highest BCUT2D eigenvalue weighted by atomic mass is 16.1. The fraction of sp³-hybridized carbons (Fsp3) is 0.364. The van der Waals surface area contributed by atoms with Crippen LogP contribution in [0.25, 0.3) is 27.6 Å². The van der Waals surface area contributed by atoms with Crippen molar-refractivity contribution in [2.75, 3.05) is 0 Å². The Hall–Kier alpha value is -3.22. The normalized spacial score (nSPS) is 22.3. The van der Waals surface area contributed by atoms with E-state index in [2.05, 4.69) is 29.0 Å². The van der Waals surface area contributed by atoms with Crippen LogP contribution in [0.4, 0.5) is 0 Å². The zero-order chi connectivity index (χ0) is 20.1. The zero-order valence-corrected chi connectivity index (χ0v) is 16.5. The summed E-state index contributed by atoms with van der Waals surface area (Å²) in [6, 6.07) is 7.28. The molecule has 0 radical (unpaired) electrons. The SMILES string of the molecule is C[C@@H]1[C@H](C)CCC[C@H]1n1ccc2nc3ccn(-c4ccn[nH]4)c(=O)c3cc2c1=O. The van der Waals surface area contributed by atoms with Gasteiger partial charge in [0.05, 0.1) is 28.0 Å². The number of H-pyrrole nitrogens is 1. The summed E-state index contributed by atoms with van der Waals surface area (Å²) in [5.41, 5.74) is 0.902. The van der Waals surface area contributed by atoms with Crippen LogP contribution in [0.15, 0.2) is 52.4 Å². The second kappa shape index (κ2) is 6.69. The van der Waals surface area contributed by atoms with E-state index in [1.807, 2.05) is 16.8 Å². The number of pyridine rings is 3. The smallest absolute Gasteiger partial charge is 0.265 e. The monoisotopic (exact) mass is 389 g/mol. The van der Waals surface area contributed by atoms with E-state index in [0.29, 0.717) is 39.5 Å². The summed E-state index contributed by atoms with van der Waals surface area (Å²) in [6.45, 7) is 4.49. The lowest BCUT2D eigenvalue weighted by atomic mass is 9.78. The lowest BCUT2D eigenvalue weighted by Gasteiger charge is -2.35. The molecule has 0 saturated heterocycles. The van der Waals surface area contributed by atoms with Crippen molar-refractivity contribution in [1.82, 2.24) is 24.3 Å². The van der Waals surface area contributed by atoms with Crippen LogP contribution in [0.3, 0.4) is 0 Å². The molecule has 0 amide bonds. The standard InChI is InChI=1S/C22H23N5O2/c1-13-4-3-5-19(14(13)2)26-10-7-17-15(21(26)28)12-16-18(24-17)8-11-27(22(16)29)20-6-9-23-25-20/h6-14,19H,3-5H2,1-2H3,(H,23,25)/t13-,14-,19-/m1/s1. The summed E-state index contributed by atoms with van der Waals surface area (Å²) < 4.78 is 3.34. The third kappa shape index (κ3) is 2.80. The molecule has 4 aromatic rings. The number of rotatable bonds is 2. The van der Waals surface area contributed by atoms with Gasteiger partial charge >= 0.3 is 0 Å². The van der Waals surface area contributed by atoms with Crippen LogP contribution in [0.1, 0.15) is 39.2 Å². The van der Waals surface area contributed by atoms with E-state index in [4.69, 9.17) is 0 Å². The van der Waals surface area contributed by atoms with Crippen LogP contribution in [0.5, 0.6) is 0 Å². The number of nitrogens with zero attached hydrogens (tertiary/aromatic N) is 4. The molecule has 5 rings (SSSR count). The summed E-state index contributed by atoms with van der Waals surface area (Å²) in [4.78, 5) is 31.0. The Morgan fingerprint density at radius 3 is 2.52 bits per heavy atom. The molecule has 1 fully saturated rings. The summed E-state index contributed by atoms with van der Waals surface area (Å²) in [5, 5.41) is 7.62. The lowest BCUT2D eigenvalue weighted by Crippen LogP contribution is -2.33. The first-order valence-electron chi connectivity index (χ1n) is 10.1. The summed E-state index contributed by atoms with van der Waals surface area (Å²) in [6.07, 6.45) is 8.48. The summed E-state index contributed by atoms with van der Waals surface area (Å²) >= 11 is 0. The molecule has 0 unspecified atom stereocenters. The maximum atomic E-state index is 13.3. The van der Waals surface area contributed by atoms with Crippen molar-refractivity contribution in [2.24, 2.45) is 11.8 Å². The average molecular weight is 389 g/mol. The predicted octanol–water partition coefficient (Wildman–Crippen LogP) is 3.42. The summed E-state index contributed by atoms with van der Waals surface area (Å²) in [5.74, 6) is 1.60. The van der Waals surface area contributed by atoms with Crippen LogP contribution in [0.2, 0.25) is 0 Å². The minimum Gasteiger partial charge on any atom is -0.312 e. The summed E-state index contributed by atoms with van der Waals surface area (Å²) in [7, 11) is 0. The number of hydrogen-bond donors (Lipinski definition) is 1. The van der Waals surface area contributed by atoms with Gasteiger partial charge in [0, 0.05) is 24.5 Å². The highest BCUT2D eigenvalue weighted by Crippen LogP contribution is 2.37. The van der Waals surface area contributed by atoms with Crippen LogP contribution in [-0.2, 0) is 0 Å². The van der Waals surface area contributed by atoms with E-state index in [0.717, 1.165) is 12.8 Å². The Bertz CT molecular complexity index is 1320. The average Bonchev–Trinajstić information content (AvgIpc) is 3.25. The van der Waals surface area contributed by atoms with Gasteiger partial charge in [-0.05, 0) is 36.5 Å². The number of fused-ring (bicyclic) bond motifs is 2. The van der Waals surface area contributed by atoms with Crippen molar-refractivity contribution in [3.05, 3.63) is 63.6 Å². The number of aromatic amines is 1. The van der Waals surface area contributed by atoms with Gasteiger partial charge in [-0.25, -0.2) is 4.98 Å². The van der Waals surface area contributed by atoms with Gasteiger partial charge in [0.15, 0.2) is 0 Å². The molecule has 7 heteroatoms. The maximum Gasteiger partial charge on any atom is 0.265 e. The van der Waals surface area contributed by atoms with Gasteiger partial charge in [0.25, 0.3) is 11.1 Å². The second-order valence-corrected chi connectivity index (χ2v) is 8.15. The quantitative estimate of drug-likeness (QED) is 0.532. The number of aromatic nitrogens is 5. The van der Waals surface area contributed by atoms with Crippen LogP contribution in [0, 0.1) is 11.8 Å². The van der Waals surface area contributed by atoms with Crippen molar-refractivity contribution in [1.29, 1.82) is 0 Å². The van der Waals surface area contributed by atoms with E-state index < -0.39 is 0 Å². The van der Waals surface area contributed by atoms with Crippen LogP contribution >= 0.6 is 0 Å². The Balaban J connectivity index is 1.72. The Kier molecular flexibility index (Phi) is 4.12. The van der Waals surface area contributed by atoms with Gasteiger partial charge in [0.1, 0.15) is 5.82 Å². The molecule has 0 aliphatic heterocycles. The molecule has 1 aliphatic rings. The lowest BCUT2D eigenvalue weighted by molar-refractivity contribution is 0.183. The minimum atomic E-state index is -0.226. The number of hydrogen-bond acceptors (Lipinski definition) is 4. The first kappa shape index (κ1) is 17.8. The molecule has 1 N–H and O–H groups in total. The molecule has 148 valence electrons. The molecule has 1 aliphatic carbocycles. The van der Waals surface area contributed by atoms with Gasteiger partial charge in [-0.1, -0.05) is 26.7 Å². The van der Waals surface area contributed by atoms with Crippen LogP contribution < -0.4 is 11.1 Å². The Morgan fingerprint density at radius 1 is 1.00 bits per heavy atom. The van der Waals surface area contributed by atoms with Crippen molar-refractivity contribution in [2.45, 2.75) is 39.2 Å². The molecule has 0 bridgehead atoms. The molecule has 7 nitrogen and oxygen atoms in total. The first-order valence-corrected chi connectivity index (χ1v) is 10.1. The minimum absolute atomic E-state index is 0.0702. The van der Waals surface area contributed by atoms with E-state index in [9.17, 15) is 9.59 Å². The Morgan fingerprint density at radius 2 is 1.76 bits per heavy atom. The third-order valence-corrected chi connectivity index (χ3v) is 6.54. The predicted molar refractivity (Wildman–Crippen MR) is 112 cm³/mol. The molecule has 29 heavy (non-hydrogen) atoms. The zero-order valence-electron chi connectivity index (χ0n) is 16.5. The molecule has 3 atom stereocenters. The fourth-order valence-corrected chi connectivity index (χ4v) is 4.62. The first-order chi connectivity index (χ1) is 14.0. The topological polar surface area (TPSA) is 85.6 Å². The van der Waals surface area contributed by atoms with E-state index in [-0.39, 0.29) is 17.2 Å². The second-order valence-electron chi connectivity index (χ2n) is 8.15. The van der Waals surface area contributed by atoms with Gasteiger partial charge in [-0.15, -0.1) is 0 Å². The van der Waals surface area contributed by atoms with E-state index in [1.54, 1.807) is 30.6 Å². The molecule has 4 aromatic heterocycles. The molecule has 0 spiro atoms. The van der Waals surface area contributed by atoms with Gasteiger partial charge in [0.2, 0.25) is 0 Å². The van der Waals surface area contributed by atoms with Crippen molar-refractivity contribution < 1.29 is 0 Å². The largest absolute Gasteiger partial charge is 0.312 e. The molecular weight excluding hydrogens is 366 g/mol. The number of nitrogens with one attached hydrogen (secondary N) is 1.